The molecule has 18 heavy (non-hydrogen) atoms. The Hall–Kier alpha value is -0.610. The summed E-state index contributed by atoms with van der Waals surface area (Å²) in [6, 6.07) is 0. The predicted octanol–water partition coefficient (Wildman–Crippen LogP) is 1.35. The predicted molar refractivity (Wildman–Crippen MR) is 75.3 cm³/mol. The Balaban J connectivity index is 2.63. The van der Waals surface area contributed by atoms with E-state index in [1.165, 1.54) is 12.8 Å². The van der Waals surface area contributed by atoms with Gasteiger partial charge in [0.1, 0.15) is 5.54 Å². The van der Waals surface area contributed by atoms with E-state index in [1.807, 2.05) is 6.92 Å². The Bertz CT molecular complexity index is 291. The molecule has 1 aliphatic rings. The minimum Gasteiger partial charge on any atom is -0.368 e. The molecule has 0 aromatic carbocycles. The molecule has 0 aliphatic carbocycles. The van der Waals surface area contributed by atoms with E-state index in [1.54, 1.807) is 0 Å². The smallest absolute Gasteiger partial charge is 0.238 e. The van der Waals surface area contributed by atoms with E-state index >= 15 is 0 Å². The molecule has 1 aliphatic heterocycles. The van der Waals surface area contributed by atoms with Gasteiger partial charge in [0.15, 0.2) is 0 Å². The summed E-state index contributed by atoms with van der Waals surface area (Å²) in [5.74, 6) is -0.251. The number of nitrogens with two attached hydrogens (primary N) is 1. The van der Waals surface area contributed by atoms with Gasteiger partial charge in [0.25, 0.3) is 0 Å². The molecule has 4 nitrogen and oxygen atoms in total. The fourth-order valence-electron chi connectivity index (χ4n) is 2.75. The van der Waals surface area contributed by atoms with Crippen molar-refractivity contribution in [3.8, 4) is 0 Å². The van der Waals surface area contributed by atoms with Crippen LogP contribution in [-0.2, 0) is 4.79 Å². The number of hydrogen-bond donors (Lipinski definition) is 2. The number of carbonyl (C=O) groups is 1. The van der Waals surface area contributed by atoms with Crippen LogP contribution in [0.15, 0.2) is 0 Å². The second-order valence-corrected chi connectivity index (χ2v) is 6.60. The number of primary amides is 1. The zero-order chi connectivity index (χ0) is 13.8. The molecule has 0 bridgehead atoms. The van der Waals surface area contributed by atoms with Gasteiger partial charge in [-0.3, -0.25) is 4.79 Å². The van der Waals surface area contributed by atoms with Crippen molar-refractivity contribution >= 4 is 5.91 Å². The van der Waals surface area contributed by atoms with Crippen molar-refractivity contribution in [2.24, 2.45) is 11.1 Å². The molecule has 0 spiro atoms. The van der Waals surface area contributed by atoms with Crippen molar-refractivity contribution < 1.29 is 4.79 Å². The van der Waals surface area contributed by atoms with Crippen LogP contribution in [0.2, 0.25) is 0 Å². The fourth-order valence-corrected chi connectivity index (χ4v) is 2.75. The van der Waals surface area contributed by atoms with Gasteiger partial charge in [-0.15, -0.1) is 0 Å². The lowest BCUT2D eigenvalue weighted by Gasteiger charge is -2.42. The number of nitrogens with zero attached hydrogens (tertiary/aromatic N) is 1. The Morgan fingerprint density at radius 3 is 2.67 bits per heavy atom. The van der Waals surface area contributed by atoms with Gasteiger partial charge in [-0.25, -0.2) is 0 Å². The number of rotatable bonds is 6. The molecule has 0 aromatic rings. The molecule has 3 N–H and O–H groups in total. The van der Waals surface area contributed by atoms with Crippen molar-refractivity contribution in [1.29, 1.82) is 0 Å². The Kier molecular flexibility index (Phi) is 5.17. The third kappa shape index (κ3) is 4.25. The first-order valence-corrected chi connectivity index (χ1v) is 7.06. The van der Waals surface area contributed by atoms with E-state index in [2.05, 4.69) is 31.0 Å². The number of piperidine rings is 1. The largest absolute Gasteiger partial charge is 0.368 e. The maximum absolute atomic E-state index is 11.7. The number of carbonyl (C=O) groups excluding carboxylic acids is 1. The summed E-state index contributed by atoms with van der Waals surface area (Å²) in [6.45, 7) is 12.3. The summed E-state index contributed by atoms with van der Waals surface area (Å²) < 4.78 is 0. The quantitative estimate of drug-likeness (QED) is 0.753. The van der Waals surface area contributed by atoms with Crippen LogP contribution in [0.4, 0.5) is 0 Å². The van der Waals surface area contributed by atoms with E-state index < -0.39 is 5.54 Å². The van der Waals surface area contributed by atoms with Crippen molar-refractivity contribution in [3.63, 3.8) is 0 Å². The van der Waals surface area contributed by atoms with Gasteiger partial charge in [0.2, 0.25) is 5.91 Å². The molecule has 1 fully saturated rings. The molecule has 1 amide bonds. The Morgan fingerprint density at radius 2 is 2.17 bits per heavy atom. The second kappa shape index (κ2) is 6.02. The highest BCUT2D eigenvalue weighted by Crippen LogP contribution is 2.29. The zero-order valence-corrected chi connectivity index (χ0v) is 12.4. The Morgan fingerprint density at radius 1 is 1.50 bits per heavy atom. The van der Waals surface area contributed by atoms with E-state index in [0.29, 0.717) is 12.0 Å². The molecule has 1 rings (SSSR count). The molecule has 1 unspecified atom stereocenters. The van der Waals surface area contributed by atoms with Crippen molar-refractivity contribution in [2.45, 2.75) is 52.5 Å². The first kappa shape index (κ1) is 15.4. The monoisotopic (exact) mass is 255 g/mol. The normalized spacial score (nSPS) is 23.6. The van der Waals surface area contributed by atoms with Gasteiger partial charge >= 0.3 is 0 Å². The first-order chi connectivity index (χ1) is 8.29. The Labute approximate surface area is 111 Å². The third-order valence-corrected chi connectivity index (χ3v) is 3.83. The molecule has 1 atom stereocenters. The molecule has 0 saturated carbocycles. The molecule has 106 valence electrons. The van der Waals surface area contributed by atoms with Gasteiger partial charge in [-0.1, -0.05) is 20.8 Å². The van der Waals surface area contributed by atoms with Crippen LogP contribution in [0.5, 0.6) is 0 Å². The summed E-state index contributed by atoms with van der Waals surface area (Å²) in [7, 11) is 0. The molecule has 0 radical (unpaired) electrons. The van der Waals surface area contributed by atoms with Crippen molar-refractivity contribution in [3.05, 3.63) is 0 Å². The van der Waals surface area contributed by atoms with Crippen LogP contribution in [0, 0.1) is 5.41 Å². The summed E-state index contributed by atoms with van der Waals surface area (Å²) in [5, 5.41) is 3.30. The van der Waals surface area contributed by atoms with E-state index in [-0.39, 0.29) is 5.91 Å². The maximum Gasteiger partial charge on any atom is 0.238 e. The minimum atomic E-state index is -0.608. The summed E-state index contributed by atoms with van der Waals surface area (Å²) >= 11 is 0. The van der Waals surface area contributed by atoms with Gasteiger partial charge in [-0.05, 0) is 44.7 Å². The maximum atomic E-state index is 11.7. The molecule has 0 aromatic heterocycles. The number of amides is 1. The third-order valence-electron chi connectivity index (χ3n) is 3.83. The minimum absolute atomic E-state index is 0.251. The van der Waals surface area contributed by atoms with Crippen LogP contribution >= 0.6 is 0 Å². The first-order valence-electron chi connectivity index (χ1n) is 7.06. The number of hydrogen-bond acceptors (Lipinski definition) is 3. The topological polar surface area (TPSA) is 58.4 Å². The van der Waals surface area contributed by atoms with Crippen LogP contribution in [-0.4, -0.2) is 42.5 Å². The second-order valence-electron chi connectivity index (χ2n) is 6.60. The highest BCUT2D eigenvalue weighted by molar-refractivity contribution is 5.84. The summed E-state index contributed by atoms with van der Waals surface area (Å²) in [5.41, 5.74) is 5.31. The van der Waals surface area contributed by atoms with Crippen LogP contribution in [0.3, 0.4) is 0 Å². The van der Waals surface area contributed by atoms with E-state index in [4.69, 9.17) is 5.73 Å². The molecular formula is C14H29N3O. The lowest BCUT2D eigenvalue weighted by molar-refractivity contribution is -0.125. The van der Waals surface area contributed by atoms with E-state index in [9.17, 15) is 4.79 Å². The zero-order valence-electron chi connectivity index (χ0n) is 12.4. The highest BCUT2D eigenvalue weighted by Gasteiger charge is 2.35. The standard InChI is InChI=1S/C14H29N3O/c1-5-8-16-14(4,12(15)18)11-17-9-6-7-13(2,3)10-17/h16H,5-11H2,1-4H3,(H2,15,18). The number of likely N-dealkylation sites (tertiary alicyclic amines) is 1. The highest BCUT2D eigenvalue weighted by atomic mass is 16.1. The lowest BCUT2D eigenvalue weighted by atomic mass is 9.83. The van der Waals surface area contributed by atoms with Crippen LogP contribution < -0.4 is 11.1 Å². The molecule has 1 heterocycles. The van der Waals surface area contributed by atoms with Crippen molar-refractivity contribution in [1.82, 2.24) is 10.2 Å². The van der Waals surface area contributed by atoms with Gasteiger partial charge in [0, 0.05) is 13.1 Å². The fraction of sp³-hybridized carbons (Fsp3) is 0.929. The SMILES string of the molecule is CCCNC(C)(CN1CCCC(C)(C)C1)C(N)=O. The van der Waals surface area contributed by atoms with Gasteiger partial charge < -0.3 is 16.0 Å². The average Bonchev–Trinajstić information content (AvgIpc) is 2.24. The average molecular weight is 255 g/mol. The molecular weight excluding hydrogens is 226 g/mol. The van der Waals surface area contributed by atoms with Crippen LogP contribution in [0.1, 0.15) is 47.0 Å². The van der Waals surface area contributed by atoms with Gasteiger partial charge in [-0.2, -0.15) is 0 Å². The summed E-state index contributed by atoms with van der Waals surface area (Å²) in [6.07, 6.45) is 3.48. The number of nitrogens with one attached hydrogen (secondary N) is 1. The van der Waals surface area contributed by atoms with Crippen LogP contribution in [0.25, 0.3) is 0 Å². The molecule has 1 saturated heterocycles. The van der Waals surface area contributed by atoms with E-state index in [0.717, 1.165) is 26.1 Å². The lowest BCUT2D eigenvalue weighted by Crippen LogP contribution is -2.61. The van der Waals surface area contributed by atoms with Crippen molar-refractivity contribution in [2.75, 3.05) is 26.2 Å². The summed E-state index contributed by atoms with van der Waals surface area (Å²) in [4.78, 5) is 14.1. The van der Waals surface area contributed by atoms with Gasteiger partial charge in [0.05, 0.1) is 0 Å². The molecule has 4 heteroatoms.